The zero-order valence-corrected chi connectivity index (χ0v) is 20.8. The standard InChI is InChI=1S/C23H35N5O5S/c1-11-18-17(12(2)29)22(31)28(18)19(23(32)33)20(11)34-15-8-16(26-9-15)21(30)27-7-5-14(10-27)4-6-25-13(3)24/h11-12,14-18,26,29H,4-10H2,1-3H3,(H2,24,25)(H,32,33)/t11-,12-,14?,15+,16+,17?,18?/m1/s1. The molecule has 7 atom stereocenters. The number of β-lactam (4-membered cyclic amide) rings is 1. The first kappa shape index (κ1) is 25.0. The molecule has 0 aromatic heterocycles. The number of hydrogen-bond donors (Lipinski definition) is 4. The highest BCUT2D eigenvalue weighted by Crippen LogP contribution is 2.51. The average Bonchev–Trinajstić information content (AvgIpc) is 3.46. The van der Waals surface area contributed by atoms with Gasteiger partial charge in [-0.05, 0) is 39.0 Å². The number of nitrogens with one attached hydrogen (secondary N) is 1. The van der Waals surface area contributed by atoms with Crippen LogP contribution in [0.4, 0.5) is 0 Å². The number of aliphatic hydroxyl groups excluding tert-OH is 1. The number of aliphatic carboxylic acids is 1. The fourth-order valence-electron chi connectivity index (χ4n) is 5.75. The van der Waals surface area contributed by atoms with Crippen LogP contribution in [0.3, 0.4) is 0 Å². The van der Waals surface area contributed by atoms with E-state index in [2.05, 4.69) is 10.3 Å². The van der Waals surface area contributed by atoms with E-state index in [0.29, 0.717) is 36.2 Å². The number of aliphatic hydroxyl groups is 1. The fraction of sp³-hybridized carbons (Fsp3) is 0.739. The second-order valence-corrected chi connectivity index (χ2v) is 11.3. The van der Waals surface area contributed by atoms with E-state index in [1.807, 2.05) is 11.8 Å². The monoisotopic (exact) mass is 493 g/mol. The van der Waals surface area contributed by atoms with Crippen molar-refractivity contribution >= 4 is 35.4 Å². The van der Waals surface area contributed by atoms with Gasteiger partial charge in [-0.15, -0.1) is 11.8 Å². The molecule has 0 aromatic carbocycles. The summed E-state index contributed by atoms with van der Waals surface area (Å²) >= 11 is 1.46. The lowest BCUT2D eigenvalue weighted by Gasteiger charge is -2.46. The van der Waals surface area contributed by atoms with Crippen molar-refractivity contribution in [2.45, 2.75) is 63.5 Å². The highest BCUT2D eigenvalue weighted by molar-refractivity contribution is 8.03. The van der Waals surface area contributed by atoms with E-state index in [1.54, 1.807) is 13.8 Å². The minimum atomic E-state index is -1.12. The van der Waals surface area contributed by atoms with Crippen molar-refractivity contribution in [2.75, 3.05) is 26.2 Å². The summed E-state index contributed by atoms with van der Waals surface area (Å²) in [7, 11) is 0. The van der Waals surface area contributed by atoms with Crippen molar-refractivity contribution in [3.63, 3.8) is 0 Å². The maximum atomic E-state index is 13.1. The van der Waals surface area contributed by atoms with Gasteiger partial charge in [0.15, 0.2) is 0 Å². The van der Waals surface area contributed by atoms with Crippen LogP contribution in [-0.2, 0) is 14.4 Å². The fourth-order valence-corrected chi connectivity index (χ4v) is 7.23. The largest absolute Gasteiger partial charge is 0.477 e. The van der Waals surface area contributed by atoms with Crippen LogP contribution in [0.15, 0.2) is 15.6 Å². The normalized spacial score (nSPS) is 34.5. The van der Waals surface area contributed by atoms with Crippen LogP contribution < -0.4 is 11.1 Å². The second kappa shape index (κ2) is 9.87. The van der Waals surface area contributed by atoms with Gasteiger partial charge in [-0.1, -0.05) is 6.92 Å². The summed E-state index contributed by atoms with van der Waals surface area (Å²) in [4.78, 5) is 45.8. The topological polar surface area (TPSA) is 149 Å². The molecule has 4 heterocycles. The Kier molecular flexibility index (Phi) is 7.25. The molecule has 0 aliphatic carbocycles. The van der Waals surface area contributed by atoms with Crippen LogP contribution in [-0.4, -0.2) is 93.2 Å². The lowest BCUT2D eigenvalue weighted by molar-refractivity contribution is -0.163. The van der Waals surface area contributed by atoms with Crippen LogP contribution >= 0.6 is 11.8 Å². The van der Waals surface area contributed by atoms with E-state index < -0.39 is 18.0 Å². The molecular formula is C23H35N5O5S. The molecule has 5 N–H and O–H groups in total. The summed E-state index contributed by atoms with van der Waals surface area (Å²) in [6.07, 6.45) is 1.69. The van der Waals surface area contributed by atoms with Crippen molar-refractivity contribution in [2.24, 2.45) is 28.5 Å². The van der Waals surface area contributed by atoms with Crippen molar-refractivity contribution in [3.8, 4) is 0 Å². The Labute approximate surface area is 204 Å². The Morgan fingerprint density at radius 2 is 2.12 bits per heavy atom. The van der Waals surface area contributed by atoms with Crippen LogP contribution in [0.1, 0.15) is 40.0 Å². The first-order valence-corrected chi connectivity index (χ1v) is 12.9. The van der Waals surface area contributed by atoms with Gasteiger partial charge < -0.3 is 31.1 Å². The van der Waals surface area contributed by atoms with Crippen LogP contribution in [0.5, 0.6) is 0 Å². The number of fused-ring (bicyclic) bond motifs is 1. The van der Waals surface area contributed by atoms with Gasteiger partial charge in [0.1, 0.15) is 5.70 Å². The number of hydrogen-bond acceptors (Lipinski definition) is 7. The molecule has 2 amide bonds. The highest BCUT2D eigenvalue weighted by atomic mass is 32.2. The molecule has 188 valence electrons. The van der Waals surface area contributed by atoms with Gasteiger partial charge in [-0.3, -0.25) is 14.6 Å². The molecule has 3 unspecified atom stereocenters. The molecule has 11 heteroatoms. The smallest absolute Gasteiger partial charge is 0.353 e. The van der Waals surface area contributed by atoms with Gasteiger partial charge >= 0.3 is 5.97 Å². The number of nitrogens with two attached hydrogens (primary N) is 1. The molecule has 0 bridgehead atoms. The van der Waals surface area contributed by atoms with Crippen LogP contribution in [0.2, 0.25) is 0 Å². The first-order valence-electron chi connectivity index (χ1n) is 12.0. The molecule has 3 fully saturated rings. The minimum Gasteiger partial charge on any atom is -0.477 e. The summed E-state index contributed by atoms with van der Waals surface area (Å²) in [5.74, 6) is -1.06. The lowest BCUT2D eigenvalue weighted by atomic mass is 9.79. The van der Waals surface area contributed by atoms with Crippen molar-refractivity contribution < 1.29 is 24.6 Å². The number of carbonyl (C=O) groups excluding carboxylic acids is 2. The number of rotatable bonds is 8. The van der Waals surface area contributed by atoms with E-state index in [4.69, 9.17) is 5.73 Å². The number of amidine groups is 1. The van der Waals surface area contributed by atoms with Crippen LogP contribution in [0.25, 0.3) is 0 Å². The molecule has 4 rings (SSSR count). The number of carboxylic acids is 1. The highest BCUT2D eigenvalue weighted by Gasteiger charge is 2.60. The lowest BCUT2D eigenvalue weighted by Crippen LogP contribution is -2.63. The Balaban J connectivity index is 1.35. The summed E-state index contributed by atoms with van der Waals surface area (Å²) < 4.78 is 0. The Morgan fingerprint density at radius 3 is 2.76 bits per heavy atom. The molecule has 34 heavy (non-hydrogen) atoms. The van der Waals surface area contributed by atoms with E-state index in [9.17, 15) is 24.6 Å². The predicted molar refractivity (Wildman–Crippen MR) is 129 cm³/mol. The average molecular weight is 494 g/mol. The van der Waals surface area contributed by atoms with E-state index in [-0.39, 0.29) is 40.8 Å². The first-order chi connectivity index (χ1) is 16.1. The summed E-state index contributed by atoms with van der Waals surface area (Å²) in [6, 6.07) is -0.600. The third-order valence-electron chi connectivity index (χ3n) is 7.49. The number of carbonyl (C=O) groups is 3. The molecule has 0 radical (unpaired) electrons. The van der Waals surface area contributed by atoms with Gasteiger partial charge in [-0.2, -0.15) is 0 Å². The van der Waals surface area contributed by atoms with E-state index in [0.717, 1.165) is 25.9 Å². The Hall–Kier alpha value is -2.11. The van der Waals surface area contributed by atoms with Gasteiger partial charge in [0.25, 0.3) is 0 Å². The molecule has 4 aliphatic heterocycles. The molecule has 0 saturated carbocycles. The number of nitrogens with zero attached hydrogens (tertiary/aromatic N) is 3. The van der Waals surface area contributed by atoms with Crippen LogP contribution in [0, 0.1) is 17.8 Å². The van der Waals surface area contributed by atoms with Gasteiger partial charge in [0, 0.05) is 42.3 Å². The Bertz CT molecular complexity index is 917. The van der Waals surface area contributed by atoms with Crippen molar-refractivity contribution in [1.29, 1.82) is 0 Å². The third kappa shape index (κ3) is 4.57. The summed E-state index contributed by atoms with van der Waals surface area (Å²) in [6.45, 7) is 8.04. The van der Waals surface area contributed by atoms with E-state index >= 15 is 0 Å². The number of likely N-dealkylation sites (tertiary alicyclic amines) is 1. The summed E-state index contributed by atoms with van der Waals surface area (Å²) in [5.41, 5.74) is 5.63. The van der Waals surface area contributed by atoms with Gasteiger partial charge in [-0.25, -0.2) is 4.79 Å². The minimum absolute atomic E-state index is 0.0388. The Morgan fingerprint density at radius 1 is 1.38 bits per heavy atom. The molecule has 0 aromatic rings. The van der Waals surface area contributed by atoms with Crippen molar-refractivity contribution in [3.05, 3.63) is 10.6 Å². The van der Waals surface area contributed by atoms with E-state index in [1.165, 1.54) is 16.7 Å². The van der Waals surface area contributed by atoms with Gasteiger partial charge in [0.05, 0.1) is 29.9 Å². The maximum Gasteiger partial charge on any atom is 0.353 e. The summed E-state index contributed by atoms with van der Waals surface area (Å²) in [5, 5.41) is 23.2. The molecule has 3 saturated heterocycles. The number of amides is 2. The van der Waals surface area contributed by atoms with Gasteiger partial charge in [0.2, 0.25) is 11.8 Å². The molecular weight excluding hydrogens is 458 g/mol. The number of carboxylic acid groups (broad SMARTS) is 1. The molecule has 0 spiro atoms. The molecule has 4 aliphatic rings. The third-order valence-corrected chi connectivity index (χ3v) is 9.00. The number of thioether (sulfide) groups is 1. The maximum absolute atomic E-state index is 13.1. The predicted octanol–water partition coefficient (Wildman–Crippen LogP) is 0.220. The zero-order chi connectivity index (χ0) is 24.7. The molecule has 10 nitrogen and oxygen atoms in total. The quantitative estimate of drug-likeness (QED) is 0.213. The zero-order valence-electron chi connectivity index (χ0n) is 19.9. The SMILES string of the molecule is CC(N)=NCCC1CCN(C(=O)[C@@H]2C[C@H](SC3=C(C(=O)O)N4C(=O)C([C@@H](C)O)C4[C@H]3C)CN2)C1. The number of aliphatic imine (C=N–C) groups is 1. The van der Waals surface area contributed by atoms with Crippen molar-refractivity contribution in [1.82, 2.24) is 15.1 Å². The second-order valence-electron chi connectivity index (χ2n) is 9.96.